The highest BCUT2D eigenvalue weighted by Gasteiger charge is 2.25. The molecule has 0 aliphatic heterocycles. The Morgan fingerprint density at radius 2 is 1.12 bits per heavy atom. The van der Waals surface area contributed by atoms with Gasteiger partial charge in [0.25, 0.3) is 0 Å². The van der Waals surface area contributed by atoms with E-state index in [4.69, 9.17) is 4.43 Å². The lowest BCUT2D eigenvalue weighted by molar-refractivity contribution is 0.327. The highest BCUT2D eigenvalue weighted by molar-refractivity contribution is 6.71. The van der Waals surface area contributed by atoms with Crippen molar-refractivity contribution in [2.24, 2.45) is 0 Å². The van der Waals surface area contributed by atoms with Crippen LogP contribution in [0.4, 0.5) is 22.0 Å². The second-order valence-corrected chi connectivity index (χ2v) is 11.2. The van der Waals surface area contributed by atoms with E-state index in [9.17, 15) is 22.0 Å². The number of rotatable bonds is 11. The van der Waals surface area contributed by atoms with Gasteiger partial charge in [0.2, 0.25) is 5.82 Å². The van der Waals surface area contributed by atoms with E-state index in [-0.39, 0.29) is 6.42 Å². The third-order valence-electron chi connectivity index (χ3n) is 4.29. The molecule has 1 rings (SSSR count). The number of hydrogen-bond acceptors (Lipinski definition) is 1. The monoisotopic (exact) mass is 382 g/mol. The van der Waals surface area contributed by atoms with Gasteiger partial charge in [0.15, 0.2) is 31.6 Å². The maximum Gasteiger partial charge on any atom is 0.200 e. The van der Waals surface area contributed by atoms with Crippen LogP contribution in [-0.4, -0.2) is 14.9 Å². The summed E-state index contributed by atoms with van der Waals surface area (Å²) in [6.07, 6.45) is 4.99. The Hall–Kier alpha value is -0.953. The fourth-order valence-corrected chi connectivity index (χ4v) is 4.92. The first-order valence-electron chi connectivity index (χ1n) is 8.85. The Bertz CT molecular complexity index is 534. The number of benzene rings is 1. The Balaban J connectivity index is 2.29. The van der Waals surface area contributed by atoms with Gasteiger partial charge in [-0.05, 0) is 38.9 Å². The van der Waals surface area contributed by atoms with E-state index in [2.05, 4.69) is 13.1 Å². The summed E-state index contributed by atoms with van der Waals surface area (Å²) in [6.45, 7) is 7.14. The van der Waals surface area contributed by atoms with Crippen molar-refractivity contribution in [1.29, 1.82) is 0 Å². The highest BCUT2D eigenvalue weighted by Crippen LogP contribution is 2.25. The largest absolute Gasteiger partial charge is 0.418 e. The molecule has 0 heterocycles. The fourth-order valence-electron chi connectivity index (χ4n) is 2.89. The minimum atomic E-state index is -2.10. The number of unbranched alkanes of at least 4 members (excludes halogenated alkanes) is 5. The molecular weight excluding hydrogens is 355 g/mol. The first-order valence-corrected chi connectivity index (χ1v) is 12.0. The van der Waals surface area contributed by atoms with Crippen molar-refractivity contribution in [2.75, 3.05) is 6.61 Å². The van der Waals surface area contributed by atoms with Crippen LogP contribution in [0.15, 0.2) is 0 Å². The molecule has 0 spiro atoms. The zero-order chi connectivity index (χ0) is 19.0. The molecule has 0 saturated heterocycles. The molecule has 0 N–H and O–H groups in total. The van der Waals surface area contributed by atoms with Crippen LogP contribution in [0, 0.1) is 29.1 Å². The first kappa shape index (κ1) is 22.1. The molecule has 0 aliphatic carbocycles. The molecule has 0 aliphatic rings. The van der Waals surface area contributed by atoms with E-state index in [0.29, 0.717) is 12.8 Å². The molecule has 1 aromatic rings. The van der Waals surface area contributed by atoms with Gasteiger partial charge in [-0.2, -0.15) is 0 Å². The topological polar surface area (TPSA) is 9.23 Å². The molecule has 0 fully saturated rings. The average Bonchev–Trinajstić information content (AvgIpc) is 2.56. The summed E-state index contributed by atoms with van der Waals surface area (Å²) in [4.78, 5) is 0. The van der Waals surface area contributed by atoms with Gasteiger partial charge < -0.3 is 4.43 Å². The van der Waals surface area contributed by atoms with Crippen LogP contribution in [0.5, 0.6) is 0 Å². The first-order chi connectivity index (χ1) is 11.7. The predicted molar refractivity (Wildman–Crippen MR) is 91.6 cm³/mol. The molecule has 1 aromatic carbocycles. The third-order valence-corrected chi connectivity index (χ3v) is 6.92. The molecule has 0 radical (unpaired) electrons. The highest BCUT2D eigenvalue weighted by atomic mass is 28.4. The molecule has 0 aromatic heterocycles. The molecule has 1 nitrogen and oxygen atoms in total. The zero-order valence-electron chi connectivity index (χ0n) is 15.2. The van der Waals surface area contributed by atoms with Crippen molar-refractivity contribution < 1.29 is 26.4 Å². The maximum absolute atomic E-state index is 13.5. The molecule has 0 saturated carbocycles. The van der Waals surface area contributed by atoms with Crippen LogP contribution in [0.3, 0.4) is 0 Å². The summed E-state index contributed by atoms with van der Waals surface area (Å²) in [5.41, 5.74) is -0.708. The molecule has 7 heteroatoms. The van der Waals surface area contributed by atoms with Crippen molar-refractivity contribution in [1.82, 2.24) is 0 Å². The van der Waals surface area contributed by atoms with Crippen LogP contribution >= 0.6 is 0 Å². The summed E-state index contributed by atoms with van der Waals surface area (Å²) in [5.74, 6) is -9.25. The quantitative estimate of drug-likeness (QED) is 0.139. The van der Waals surface area contributed by atoms with Gasteiger partial charge in [-0.15, -0.1) is 0 Å². The lowest BCUT2D eigenvalue weighted by Crippen LogP contribution is -2.29. The normalized spacial score (nSPS) is 12.0. The fraction of sp³-hybridized carbons (Fsp3) is 0.667. The van der Waals surface area contributed by atoms with Gasteiger partial charge in [0.05, 0.1) is 0 Å². The van der Waals surface area contributed by atoms with Crippen LogP contribution in [0.2, 0.25) is 19.1 Å². The standard InChI is InChI=1S/C18H27F5OSi/c1-4-24-25(2,3)12-10-8-6-5-7-9-11-13-14(19)16(21)18(23)17(22)15(13)20/h4-12H2,1-3H3. The maximum atomic E-state index is 13.5. The van der Waals surface area contributed by atoms with E-state index in [0.717, 1.165) is 38.3 Å². The van der Waals surface area contributed by atoms with Gasteiger partial charge in [0.1, 0.15) is 0 Å². The van der Waals surface area contributed by atoms with E-state index < -0.39 is 43.0 Å². The van der Waals surface area contributed by atoms with Crippen LogP contribution in [0.25, 0.3) is 0 Å². The third kappa shape index (κ3) is 6.70. The van der Waals surface area contributed by atoms with Gasteiger partial charge in [-0.25, -0.2) is 22.0 Å². The minimum Gasteiger partial charge on any atom is -0.418 e. The number of halogens is 5. The average molecular weight is 382 g/mol. The summed E-state index contributed by atoms with van der Waals surface area (Å²) >= 11 is 0. The van der Waals surface area contributed by atoms with E-state index >= 15 is 0 Å². The van der Waals surface area contributed by atoms with E-state index in [1.807, 2.05) is 6.92 Å². The second-order valence-electron chi connectivity index (χ2n) is 6.86. The Morgan fingerprint density at radius 1 is 0.680 bits per heavy atom. The van der Waals surface area contributed by atoms with Crippen molar-refractivity contribution >= 4 is 8.32 Å². The van der Waals surface area contributed by atoms with Crippen molar-refractivity contribution in [3.05, 3.63) is 34.6 Å². The van der Waals surface area contributed by atoms with Gasteiger partial charge >= 0.3 is 0 Å². The SMILES string of the molecule is CCO[Si](C)(C)CCCCCCCCc1c(F)c(F)c(F)c(F)c1F. The van der Waals surface area contributed by atoms with Crippen molar-refractivity contribution in [2.45, 2.75) is 71.0 Å². The Morgan fingerprint density at radius 3 is 1.64 bits per heavy atom. The lowest BCUT2D eigenvalue weighted by atomic mass is 10.0. The molecule has 0 bridgehead atoms. The second kappa shape index (κ2) is 10.3. The Kier molecular flexibility index (Phi) is 9.06. The molecular formula is C18H27F5OSi. The van der Waals surface area contributed by atoms with Crippen LogP contribution < -0.4 is 0 Å². The van der Waals surface area contributed by atoms with E-state index in [1.54, 1.807) is 0 Å². The van der Waals surface area contributed by atoms with Gasteiger partial charge in [0, 0.05) is 12.2 Å². The summed E-state index contributed by atoms with van der Waals surface area (Å²) in [5, 5.41) is 0. The molecule has 0 atom stereocenters. The van der Waals surface area contributed by atoms with E-state index in [1.165, 1.54) is 0 Å². The summed E-state index contributed by atoms with van der Waals surface area (Å²) in [6, 6.07) is 1.10. The van der Waals surface area contributed by atoms with Crippen LogP contribution in [-0.2, 0) is 10.8 Å². The van der Waals surface area contributed by atoms with Gasteiger partial charge in [-0.1, -0.05) is 32.1 Å². The summed E-state index contributed by atoms with van der Waals surface area (Å²) in [7, 11) is -1.54. The molecule has 0 amide bonds. The molecule has 25 heavy (non-hydrogen) atoms. The Labute approximate surface area is 147 Å². The van der Waals surface area contributed by atoms with Gasteiger partial charge in [-0.3, -0.25) is 0 Å². The molecule has 144 valence electrons. The smallest absolute Gasteiger partial charge is 0.200 e. The van der Waals surface area contributed by atoms with Crippen LogP contribution in [0.1, 0.15) is 51.0 Å². The van der Waals surface area contributed by atoms with Crippen molar-refractivity contribution in [3.8, 4) is 0 Å². The molecule has 0 unspecified atom stereocenters. The van der Waals surface area contributed by atoms with Crippen molar-refractivity contribution in [3.63, 3.8) is 0 Å². The number of hydrogen-bond donors (Lipinski definition) is 0. The lowest BCUT2D eigenvalue weighted by Gasteiger charge is -2.21. The predicted octanol–water partition coefficient (Wildman–Crippen LogP) is 6.51. The summed E-state index contributed by atoms with van der Waals surface area (Å²) < 4.78 is 72.0. The zero-order valence-corrected chi connectivity index (χ0v) is 16.2. The minimum absolute atomic E-state index is 0.143.